The monoisotopic (exact) mass is 465 g/mol. The molecule has 0 spiro atoms. The van der Waals surface area contributed by atoms with Crippen molar-refractivity contribution in [2.45, 2.75) is 46.3 Å². The van der Waals surface area contributed by atoms with Crippen LogP contribution in [-0.4, -0.2) is 43.3 Å². The minimum Gasteiger partial charge on any atom is -0.490 e. The molecule has 0 aliphatic carbocycles. The van der Waals surface area contributed by atoms with Gasteiger partial charge < -0.3 is 23.5 Å². The standard InChI is InChI=1S/C27H31NO6/c1-5-31-21-13-12-18(16-22(21)32-6-2)24-23-25(29)19-10-7-8-11-20(19)34-26(23)27(30)28(24)14-9-15-33-17(3)4/h7-8,10-13,16-17,24H,5-6,9,14-15H2,1-4H3/t24-/m0/s1. The van der Waals surface area contributed by atoms with E-state index in [0.29, 0.717) is 60.8 Å². The van der Waals surface area contributed by atoms with E-state index in [0.717, 1.165) is 5.56 Å². The molecular formula is C27H31NO6. The van der Waals surface area contributed by atoms with Crippen LogP contribution in [0.15, 0.2) is 51.7 Å². The Balaban J connectivity index is 1.82. The van der Waals surface area contributed by atoms with Crippen molar-refractivity contribution in [1.29, 1.82) is 0 Å². The first-order chi connectivity index (χ1) is 16.5. The number of ether oxygens (including phenoxy) is 3. The van der Waals surface area contributed by atoms with Gasteiger partial charge in [0.2, 0.25) is 5.76 Å². The molecular weight excluding hydrogens is 434 g/mol. The number of rotatable bonds is 10. The number of fused-ring (bicyclic) bond motifs is 2. The first kappa shape index (κ1) is 23.8. The molecule has 1 atom stereocenters. The molecule has 1 aliphatic heterocycles. The van der Waals surface area contributed by atoms with E-state index in [1.165, 1.54) is 0 Å². The van der Waals surface area contributed by atoms with Crippen LogP contribution in [0.25, 0.3) is 11.0 Å². The molecule has 0 fully saturated rings. The lowest BCUT2D eigenvalue weighted by Gasteiger charge is -2.26. The maximum Gasteiger partial charge on any atom is 0.290 e. The number of carbonyl (C=O) groups is 1. The smallest absolute Gasteiger partial charge is 0.290 e. The lowest BCUT2D eigenvalue weighted by Crippen LogP contribution is -2.31. The predicted molar refractivity (Wildman–Crippen MR) is 130 cm³/mol. The van der Waals surface area contributed by atoms with Gasteiger partial charge in [-0.3, -0.25) is 9.59 Å². The fraction of sp³-hybridized carbons (Fsp3) is 0.407. The van der Waals surface area contributed by atoms with Crippen LogP contribution in [0.2, 0.25) is 0 Å². The van der Waals surface area contributed by atoms with Gasteiger partial charge >= 0.3 is 0 Å². The van der Waals surface area contributed by atoms with Gasteiger partial charge in [0.1, 0.15) is 5.58 Å². The number of para-hydroxylation sites is 1. The number of benzene rings is 2. The Bertz CT molecular complexity index is 1230. The van der Waals surface area contributed by atoms with Gasteiger partial charge in [-0.05, 0) is 63.9 Å². The molecule has 3 aromatic rings. The Morgan fingerprint density at radius 3 is 2.47 bits per heavy atom. The molecule has 0 saturated carbocycles. The minimum atomic E-state index is -0.586. The second kappa shape index (κ2) is 10.3. The van der Waals surface area contributed by atoms with Gasteiger partial charge in [-0.15, -0.1) is 0 Å². The van der Waals surface area contributed by atoms with Crippen LogP contribution >= 0.6 is 0 Å². The first-order valence-electron chi connectivity index (χ1n) is 11.8. The van der Waals surface area contributed by atoms with Crippen LogP contribution in [0.3, 0.4) is 0 Å². The SMILES string of the molecule is CCOc1ccc([C@H]2c3c(oc4ccccc4c3=O)C(=O)N2CCCOC(C)C)cc1OCC. The van der Waals surface area contributed by atoms with Crippen molar-refractivity contribution in [2.75, 3.05) is 26.4 Å². The summed E-state index contributed by atoms with van der Waals surface area (Å²) in [4.78, 5) is 28.8. The van der Waals surface area contributed by atoms with E-state index in [2.05, 4.69) is 0 Å². The van der Waals surface area contributed by atoms with E-state index in [9.17, 15) is 9.59 Å². The molecule has 0 N–H and O–H groups in total. The van der Waals surface area contributed by atoms with Crippen molar-refractivity contribution in [3.05, 3.63) is 69.6 Å². The van der Waals surface area contributed by atoms with Gasteiger partial charge in [0.15, 0.2) is 16.9 Å². The van der Waals surface area contributed by atoms with Crippen LogP contribution in [0.1, 0.15) is 61.8 Å². The molecule has 0 bridgehead atoms. The van der Waals surface area contributed by atoms with E-state index in [4.69, 9.17) is 18.6 Å². The van der Waals surface area contributed by atoms with E-state index in [-0.39, 0.29) is 23.2 Å². The van der Waals surface area contributed by atoms with Crippen LogP contribution in [0.4, 0.5) is 0 Å². The highest BCUT2D eigenvalue weighted by atomic mass is 16.5. The fourth-order valence-corrected chi connectivity index (χ4v) is 4.34. The molecule has 0 unspecified atom stereocenters. The highest BCUT2D eigenvalue weighted by Crippen LogP contribution is 2.41. The molecule has 0 radical (unpaired) electrons. The van der Waals surface area contributed by atoms with Gasteiger partial charge in [-0.25, -0.2) is 0 Å². The van der Waals surface area contributed by atoms with Crippen molar-refractivity contribution < 1.29 is 23.4 Å². The molecule has 2 aromatic carbocycles. The number of amides is 1. The maximum absolute atomic E-state index is 13.6. The van der Waals surface area contributed by atoms with Crippen LogP contribution in [-0.2, 0) is 4.74 Å². The maximum atomic E-state index is 13.6. The number of hydrogen-bond donors (Lipinski definition) is 0. The van der Waals surface area contributed by atoms with Crippen LogP contribution in [0, 0.1) is 0 Å². The van der Waals surface area contributed by atoms with E-state index >= 15 is 0 Å². The molecule has 4 rings (SSSR count). The van der Waals surface area contributed by atoms with Gasteiger partial charge in [-0.2, -0.15) is 0 Å². The quantitative estimate of drug-likeness (QED) is 0.394. The van der Waals surface area contributed by atoms with E-state index in [1.54, 1.807) is 29.2 Å². The molecule has 1 aromatic heterocycles. The minimum absolute atomic E-state index is 0.102. The van der Waals surface area contributed by atoms with Crippen molar-refractivity contribution in [3.8, 4) is 11.5 Å². The number of nitrogens with zero attached hydrogens (tertiary/aromatic N) is 1. The van der Waals surface area contributed by atoms with Crippen molar-refractivity contribution in [1.82, 2.24) is 4.90 Å². The third-order valence-electron chi connectivity index (χ3n) is 5.75. The summed E-state index contributed by atoms with van der Waals surface area (Å²) in [5, 5.41) is 0.458. The molecule has 34 heavy (non-hydrogen) atoms. The molecule has 2 heterocycles. The average Bonchev–Trinajstić information content (AvgIpc) is 3.10. The lowest BCUT2D eigenvalue weighted by molar-refractivity contribution is 0.0593. The molecule has 1 amide bonds. The normalized spacial score (nSPS) is 15.3. The van der Waals surface area contributed by atoms with Gasteiger partial charge in [0, 0.05) is 13.2 Å². The zero-order chi connectivity index (χ0) is 24.2. The summed E-state index contributed by atoms with van der Waals surface area (Å²) in [6.07, 6.45) is 0.743. The summed E-state index contributed by atoms with van der Waals surface area (Å²) in [5.74, 6) is 1.01. The highest BCUT2D eigenvalue weighted by molar-refractivity contribution is 5.99. The Labute approximate surface area is 199 Å². The summed E-state index contributed by atoms with van der Waals surface area (Å²) in [7, 11) is 0. The van der Waals surface area contributed by atoms with Crippen molar-refractivity contribution in [2.24, 2.45) is 0 Å². The van der Waals surface area contributed by atoms with E-state index in [1.807, 2.05) is 45.9 Å². The fourth-order valence-electron chi connectivity index (χ4n) is 4.34. The molecule has 7 heteroatoms. The summed E-state index contributed by atoms with van der Waals surface area (Å²) >= 11 is 0. The average molecular weight is 466 g/mol. The summed E-state index contributed by atoms with van der Waals surface area (Å²) in [5.41, 5.74) is 1.35. The van der Waals surface area contributed by atoms with Gasteiger partial charge in [0.05, 0.1) is 36.3 Å². The summed E-state index contributed by atoms with van der Waals surface area (Å²) < 4.78 is 23.2. The zero-order valence-corrected chi connectivity index (χ0v) is 20.1. The Kier molecular flexibility index (Phi) is 7.22. The third-order valence-corrected chi connectivity index (χ3v) is 5.75. The number of hydrogen-bond acceptors (Lipinski definition) is 6. The summed E-state index contributed by atoms with van der Waals surface area (Å²) in [6, 6.07) is 12.0. The third kappa shape index (κ3) is 4.53. The van der Waals surface area contributed by atoms with E-state index < -0.39 is 6.04 Å². The topological polar surface area (TPSA) is 78.2 Å². The largest absolute Gasteiger partial charge is 0.490 e. The molecule has 0 saturated heterocycles. The Hall–Kier alpha value is -3.32. The molecule has 180 valence electrons. The second-order valence-corrected chi connectivity index (χ2v) is 8.42. The first-order valence-corrected chi connectivity index (χ1v) is 11.8. The zero-order valence-electron chi connectivity index (χ0n) is 20.1. The molecule has 7 nitrogen and oxygen atoms in total. The van der Waals surface area contributed by atoms with Crippen LogP contribution < -0.4 is 14.9 Å². The predicted octanol–water partition coefficient (Wildman–Crippen LogP) is 4.95. The van der Waals surface area contributed by atoms with Gasteiger partial charge in [-0.1, -0.05) is 18.2 Å². The van der Waals surface area contributed by atoms with Gasteiger partial charge in [0.25, 0.3) is 5.91 Å². The highest BCUT2D eigenvalue weighted by Gasteiger charge is 2.42. The molecule has 1 aliphatic rings. The Morgan fingerprint density at radius 2 is 1.74 bits per heavy atom. The Morgan fingerprint density at radius 1 is 1.00 bits per heavy atom. The number of carbonyl (C=O) groups excluding carboxylic acids is 1. The second-order valence-electron chi connectivity index (χ2n) is 8.42. The lowest BCUT2D eigenvalue weighted by atomic mass is 9.98. The van der Waals surface area contributed by atoms with Crippen molar-refractivity contribution >= 4 is 16.9 Å². The summed E-state index contributed by atoms with van der Waals surface area (Å²) in [6.45, 7) is 9.67. The van der Waals surface area contributed by atoms with Crippen LogP contribution in [0.5, 0.6) is 11.5 Å². The van der Waals surface area contributed by atoms with Crippen molar-refractivity contribution in [3.63, 3.8) is 0 Å².